The van der Waals surface area contributed by atoms with Crippen LogP contribution in [0.5, 0.6) is 0 Å². The van der Waals surface area contributed by atoms with Gasteiger partial charge in [0.15, 0.2) is 0 Å². The van der Waals surface area contributed by atoms with Gasteiger partial charge in [0.1, 0.15) is 12.2 Å². The molecule has 6 heteroatoms. The average Bonchev–Trinajstić information content (AvgIpc) is 2.13. The Morgan fingerprint density at radius 1 is 1.77 bits per heavy atom. The second-order valence-electron chi connectivity index (χ2n) is 2.46. The molecule has 1 aromatic rings. The Bertz CT molecular complexity index is 371. The SMILES string of the molecule is CNC(=O)Cn1cncc(N)c1=O. The highest BCUT2D eigenvalue weighted by atomic mass is 16.2. The van der Waals surface area contributed by atoms with E-state index in [0.717, 1.165) is 4.57 Å². The van der Waals surface area contributed by atoms with Crippen LogP contribution in [0, 0.1) is 0 Å². The molecule has 0 spiro atoms. The number of hydrogen-bond donors (Lipinski definition) is 2. The maximum Gasteiger partial charge on any atom is 0.276 e. The molecule has 0 aliphatic heterocycles. The fraction of sp³-hybridized carbons (Fsp3) is 0.286. The molecule has 13 heavy (non-hydrogen) atoms. The van der Waals surface area contributed by atoms with Gasteiger partial charge in [0.25, 0.3) is 5.56 Å². The molecule has 1 aromatic heterocycles. The number of nitrogen functional groups attached to an aromatic ring is 1. The third kappa shape index (κ3) is 2.05. The number of amides is 1. The lowest BCUT2D eigenvalue weighted by Crippen LogP contribution is -2.31. The van der Waals surface area contributed by atoms with Gasteiger partial charge in [0.05, 0.1) is 12.5 Å². The molecule has 0 aromatic carbocycles. The van der Waals surface area contributed by atoms with E-state index in [1.165, 1.54) is 19.6 Å². The molecule has 0 saturated carbocycles. The van der Waals surface area contributed by atoms with Gasteiger partial charge in [-0.1, -0.05) is 0 Å². The number of likely N-dealkylation sites (N-methyl/N-ethyl adjacent to an activating group) is 1. The normalized spacial score (nSPS) is 9.62. The summed E-state index contributed by atoms with van der Waals surface area (Å²) in [6.07, 6.45) is 2.52. The lowest BCUT2D eigenvalue weighted by Gasteiger charge is -2.03. The van der Waals surface area contributed by atoms with E-state index in [4.69, 9.17) is 5.73 Å². The van der Waals surface area contributed by atoms with Crippen LogP contribution in [0.25, 0.3) is 0 Å². The predicted octanol–water partition coefficient (Wildman–Crippen LogP) is -1.43. The minimum absolute atomic E-state index is 0.0337. The van der Waals surface area contributed by atoms with Crippen molar-refractivity contribution in [2.75, 3.05) is 12.8 Å². The standard InChI is InChI=1S/C7H10N4O2/c1-9-6(12)3-11-4-10-2-5(8)7(11)13/h2,4H,3,8H2,1H3,(H,9,12). The summed E-state index contributed by atoms with van der Waals surface area (Å²) in [4.78, 5) is 25.8. The van der Waals surface area contributed by atoms with Crippen molar-refractivity contribution >= 4 is 11.6 Å². The van der Waals surface area contributed by atoms with Gasteiger partial charge in [-0.3, -0.25) is 14.2 Å². The Hall–Kier alpha value is -1.85. The molecule has 0 aliphatic carbocycles. The van der Waals surface area contributed by atoms with Crippen LogP contribution in [0.2, 0.25) is 0 Å². The van der Waals surface area contributed by atoms with Crippen LogP contribution in [0.15, 0.2) is 17.3 Å². The number of anilines is 1. The Labute approximate surface area is 74.4 Å². The molecule has 70 valence electrons. The highest BCUT2D eigenvalue weighted by Crippen LogP contribution is 1.87. The molecule has 0 radical (unpaired) electrons. The van der Waals surface area contributed by atoms with Gasteiger partial charge in [0.2, 0.25) is 5.91 Å². The van der Waals surface area contributed by atoms with Gasteiger partial charge < -0.3 is 11.1 Å². The minimum atomic E-state index is -0.404. The maximum atomic E-state index is 11.2. The highest BCUT2D eigenvalue weighted by Gasteiger charge is 2.03. The first-order valence-corrected chi connectivity index (χ1v) is 3.65. The topological polar surface area (TPSA) is 90.0 Å². The number of nitrogens with zero attached hydrogens (tertiary/aromatic N) is 2. The van der Waals surface area contributed by atoms with E-state index in [2.05, 4.69) is 10.3 Å². The smallest absolute Gasteiger partial charge is 0.276 e. The van der Waals surface area contributed by atoms with Crippen LogP contribution in [-0.4, -0.2) is 22.5 Å². The van der Waals surface area contributed by atoms with Crippen LogP contribution in [0.1, 0.15) is 0 Å². The van der Waals surface area contributed by atoms with Crippen molar-refractivity contribution in [1.29, 1.82) is 0 Å². The molecule has 1 rings (SSSR count). The molecule has 0 aliphatic rings. The molecule has 6 nitrogen and oxygen atoms in total. The summed E-state index contributed by atoms with van der Waals surface area (Å²) in [7, 11) is 1.49. The van der Waals surface area contributed by atoms with E-state index >= 15 is 0 Å². The minimum Gasteiger partial charge on any atom is -0.393 e. The summed E-state index contributed by atoms with van der Waals surface area (Å²) in [5.74, 6) is -0.269. The quantitative estimate of drug-likeness (QED) is 0.586. The zero-order valence-electron chi connectivity index (χ0n) is 7.15. The zero-order valence-corrected chi connectivity index (χ0v) is 7.15. The first-order valence-electron chi connectivity index (χ1n) is 3.65. The van der Waals surface area contributed by atoms with Gasteiger partial charge in [-0.25, -0.2) is 4.98 Å². The van der Waals surface area contributed by atoms with Crippen LogP contribution >= 0.6 is 0 Å². The summed E-state index contributed by atoms with van der Waals surface area (Å²) in [6.45, 7) is -0.0621. The first-order chi connectivity index (χ1) is 6.15. The number of rotatable bonds is 2. The Morgan fingerprint density at radius 2 is 2.46 bits per heavy atom. The van der Waals surface area contributed by atoms with Crippen molar-refractivity contribution in [3.8, 4) is 0 Å². The molecule has 0 unspecified atom stereocenters. The van der Waals surface area contributed by atoms with Crippen molar-refractivity contribution < 1.29 is 4.79 Å². The summed E-state index contributed by atoms with van der Waals surface area (Å²) in [5.41, 5.74) is 4.94. The summed E-state index contributed by atoms with van der Waals surface area (Å²) in [5, 5.41) is 2.39. The lowest BCUT2D eigenvalue weighted by atomic mass is 10.5. The number of nitrogens with one attached hydrogen (secondary N) is 1. The second-order valence-corrected chi connectivity index (χ2v) is 2.46. The van der Waals surface area contributed by atoms with Crippen molar-refractivity contribution in [2.24, 2.45) is 0 Å². The van der Waals surface area contributed by atoms with E-state index < -0.39 is 5.56 Å². The number of nitrogens with two attached hydrogens (primary N) is 1. The number of aromatic nitrogens is 2. The lowest BCUT2D eigenvalue weighted by molar-refractivity contribution is -0.121. The first kappa shape index (κ1) is 9.24. The van der Waals surface area contributed by atoms with E-state index in [-0.39, 0.29) is 18.1 Å². The van der Waals surface area contributed by atoms with E-state index in [9.17, 15) is 9.59 Å². The molecular formula is C7H10N4O2. The molecule has 1 heterocycles. The Morgan fingerprint density at radius 3 is 3.08 bits per heavy atom. The molecule has 0 atom stereocenters. The highest BCUT2D eigenvalue weighted by molar-refractivity contribution is 5.75. The van der Waals surface area contributed by atoms with Crippen LogP contribution in [0.3, 0.4) is 0 Å². The van der Waals surface area contributed by atoms with Crippen LogP contribution in [-0.2, 0) is 11.3 Å². The van der Waals surface area contributed by atoms with Crippen molar-refractivity contribution in [2.45, 2.75) is 6.54 Å². The molecule has 0 bridgehead atoms. The third-order valence-electron chi connectivity index (χ3n) is 1.52. The Balaban J connectivity index is 2.96. The fourth-order valence-corrected chi connectivity index (χ4v) is 0.814. The maximum absolute atomic E-state index is 11.2. The van der Waals surface area contributed by atoms with Crippen LogP contribution < -0.4 is 16.6 Å². The summed E-state index contributed by atoms with van der Waals surface area (Å²) < 4.78 is 1.15. The molecular weight excluding hydrogens is 172 g/mol. The number of carbonyl (C=O) groups excluding carboxylic acids is 1. The summed E-state index contributed by atoms with van der Waals surface area (Å²) in [6, 6.07) is 0. The fourth-order valence-electron chi connectivity index (χ4n) is 0.814. The van der Waals surface area contributed by atoms with E-state index in [0.29, 0.717) is 0 Å². The second kappa shape index (κ2) is 3.70. The van der Waals surface area contributed by atoms with Gasteiger partial charge in [-0.15, -0.1) is 0 Å². The number of hydrogen-bond acceptors (Lipinski definition) is 4. The molecule has 0 saturated heterocycles. The zero-order chi connectivity index (χ0) is 9.84. The van der Waals surface area contributed by atoms with E-state index in [1.54, 1.807) is 0 Å². The summed E-state index contributed by atoms with van der Waals surface area (Å²) >= 11 is 0. The van der Waals surface area contributed by atoms with Gasteiger partial charge in [0, 0.05) is 7.05 Å². The van der Waals surface area contributed by atoms with Crippen molar-refractivity contribution in [3.05, 3.63) is 22.9 Å². The number of carbonyl (C=O) groups is 1. The van der Waals surface area contributed by atoms with Gasteiger partial charge in [-0.05, 0) is 0 Å². The van der Waals surface area contributed by atoms with Gasteiger partial charge >= 0.3 is 0 Å². The monoisotopic (exact) mass is 182 g/mol. The van der Waals surface area contributed by atoms with Crippen molar-refractivity contribution in [3.63, 3.8) is 0 Å². The molecule has 3 N–H and O–H groups in total. The predicted molar refractivity (Wildman–Crippen MR) is 47.0 cm³/mol. The largest absolute Gasteiger partial charge is 0.393 e. The van der Waals surface area contributed by atoms with Crippen molar-refractivity contribution in [1.82, 2.24) is 14.9 Å². The van der Waals surface area contributed by atoms with Crippen LogP contribution in [0.4, 0.5) is 5.69 Å². The molecule has 0 fully saturated rings. The average molecular weight is 182 g/mol. The Kier molecular flexibility index (Phi) is 2.63. The molecule has 1 amide bonds. The van der Waals surface area contributed by atoms with E-state index in [1.807, 2.05) is 0 Å². The van der Waals surface area contributed by atoms with Gasteiger partial charge in [-0.2, -0.15) is 0 Å². The third-order valence-corrected chi connectivity index (χ3v) is 1.52.